The minimum absolute atomic E-state index is 0.0198. The summed E-state index contributed by atoms with van der Waals surface area (Å²) in [5, 5.41) is 0. The Morgan fingerprint density at radius 2 is 2.08 bits per heavy atom. The highest BCUT2D eigenvalue weighted by Gasteiger charge is 2.06. The molecule has 0 radical (unpaired) electrons. The van der Waals surface area contributed by atoms with Crippen molar-refractivity contribution in [3.05, 3.63) is 48.2 Å². The fraction of sp³-hybridized carbons (Fsp3) is 0.273. The van der Waals surface area contributed by atoms with Crippen molar-refractivity contribution < 1.29 is 4.74 Å². The fourth-order valence-corrected chi connectivity index (χ4v) is 1.15. The van der Waals surface area contributed by atoms with E-state index < -0.39 is 0 Å². The van der Waals surface area contributed by atoms with E-state index in [1.807, 2.05) is 30.3 Å². The Morgan fingerprint density at radius 1 is 1.46 bits per heavy atom. The molecule has 0 amide bonds. The van der Waals surface area contributed by atoms with E-state index in [0.717, 1.165) is 11.3 Å². The molecule has 70 valence electrons. The Hall–Kier alpha value is -1.28. The lowest BCUT2D eigenvalue weighted by Crippen LogP contribution is -2.11. The van der Waals surface area contributed by atoms with E-state index in [-0.39, 0.29) is 6.04 Å². The first-order valence-electron chi connectivity index (χ1n) is 4.26. The van der Waals surface area contributed by atoms with Gasteiger partial charge in [-0.2, -0.15) is 0 Å². The summed E-state index contributed by atoms with van der Waals surface area (Å²) in [6.07, 6.45) is 0.667. The molecule has 0 aliphatic rings. The highest BCUT2D eigenvalue weighted by Crippen LogP contribution is 2.17. The second-order valence-corrected chi connectivity index (χ2v) is 2.96. The monoisotopic (exact) mass is 177 g/mol. The van der Waals surface area contributed by atoms with E-state index in [0.29, 0.717) is 6.42 Å². The van der Waals surface area contributed by atoms with Gasteiger partial charge in [-0.15, -0.1) is 0 Å². The molecule has 1 aromatic carbocycles. The third-order valence-corrected chi connectivity index (χ3v) is 1.96. The van der Waals surface area contributed by atoms with Crippen LogP contribution in [0.5, 0.6) is 0 Å². The van der Waals surface area contributed by atoms with Crippen molar-refractivity contribution in [2.24, 2.45) is 5.73 Å². The van der Waals surface area contributed by atoms with Crippen LogP contribution in [0.15, 0.2) is 42.7 Å². The van der Waals surface area contributed by atoms with Gasteiger partial charge in [0.1, 0.15) is 0 Å². The van der Waals surface area contributed by atoms with Gasteiger partial charge in [-0.05, 0) is 5.56 Å². The number of ether oxygens (including phenoxy) is 1. The van der Waals surface area contributed by atoms with E-state index in [2.05, 4.69) is 6.58 Å². The van der Waals surface area contributed by atoms with E-state index in [1.165, 1.54) is 0 Å². The molecular formula is C11H15NO. The number of methoxy groups -OCH3 is 1. The van der Waals surface area contributed by atoms with Gasteiger partial charge in [-0.3, -0.25) is 0 Å². The predicted molar refractivity (Wildman–Crippen MR) is 54.1 cm³/mol. The summed E-state index contributed by atoms with van der Waals surface area (Å²) >= 11 is 0. The Bertz CT molecular complexity index is 269. The minimum Gasteiger partial charge on any atom is -0.502 e. The van der Waals surface area contributed by atoms with E-state index in [9.17, 15) is 0 Å². The molecular weight excluding hydrogens is 162 g/mol. The third-order valence-electron chi connectivity index (χ3n) is 1.96. The summed E-state index contributed by atoms with van der Waals surface area (Å²) in [7, 11) is 1.61. The Morgan fingerprint density at radius 3 is 2.62 bits per heavy atom. The van der Waals surface area contributed by atoms with Crippen molar-refractivity contribution in [3.63, 3.8) is 0 Å². The highest BCUT2D eigenvalue weighted by atomic mass is 16.5. The van der Waals surface area contributed by atoms with E-state index >= 15 is 0 Å². The number of nitrogens with two attached hydrogens (primary N) is 1. The second kappa shape index (κ2) is 4.67. The van der Waals surface area contributed by atoms with Gasteiger partial charge in [0.2, 0.25) is 0 Å². The molecule has 2 nitrogen and oxygen atoms in total. The van der Waals surface area contributed by atoms with Crippen molar-refractivity contribution in [3.8, 4) is 0 Å². The van der Waals surface area contributed by atoms with Gasteiger partial charge in [0.25, 0.3) is 0 Å². The summed E-state index contributed by atoms with van der Waals surface area (Å²) in [5.74, 6) is 0.719. The summed E-state index contributed by atoms with van der Waals surface area (Å²) < 4.78 is 4.97. The standard InChI is InChI=1S/C11H15NO/c1-9(13-2)8-11(12)10-6-4-3-5-7-10/h3-7,11H,1,8,12H2,2H3. The van der Waals surface area contributed by atoms with Crippen LogP contribution in [0, 0.1) is 0 Å². The summed E-state index contributed by atoms with van der Waals surface area (Å²) in [5.41, 5.74) is 7.04. The lowest BCUT2D eigenvalue weighted by atomic mass is 10.0. The maximum Gasteiger partial charge on any atom is 0.0902 e. The first kappa shape index (κ1) is 9.81. The zero-order valence-electron chi connectivity index (χ0n) is 7.86. The van der Waals surface area contributed by atoms with Gasteiger partial charge in [0.05, 0.1) is 12.9 Å². The van der Waals surface area contributed by atoms with E-state index in [4.69, 9.17) is 10.5 Å². The molecule has 0 saturated heterocycles. The summed E-state index contributed by atoms with van der Waals surface area (Å²) in [6.45, 7) is 3.74. The molecule has 1 atom stereocenters. The molecule has 13 heavy (non-hydrogen) atoms. The summed E-state index contributed by atoms with van der Waals surface area (Å²) in [4.78, 5) is 0. The Labute approximate surface area is 79.0 Å². The second-order valence-electron chi connectivity index (χ2n) is 2.96. The number of hydrogen-bond donors (Lipinski definition) is 1. The molecule has 2 N–H and O–H groups in total. The maximum absolute atomic E-state index is 5.93. The maximum atomic E-state index is 5.93. The van der Waals surface area contributed by atoms with Crippen molar-refractivity contribution >= 4 is 0 Å². The normalized spacial score (nSPS) is 12.2. The molecule has 0 aromatic heterocycles. The topological polar surface area (TPSA) is 35.2 Å². The number of benzene rings is 1. The van der Waals surface area contributed by atoms with Crippen molar-refractivity contribution in [2.75, 3.05) is 7.11 Å². The van der Waals surface area contributed by atoms with Crippen LogP contribution in [0.4, 0.5) is 0 Å². The van der Waals surface area contributed by atoms with Crippen molar-refractivity contribution in [1.29, 1.82) is 0 Å². The van der Waals surface area contributed by atoms with Crippen LogP contribution in [0.25, 0.3) is 0 Å². The molecule has 2 heteroatoms. The van der Waals surface area contributed by atoms with Gasteiger partial charge < -0.3 is 10.5 Å². The molecule has 0 aliphatic carbocycles. The van der Waals surface area contributed by atoms with Crippen LogP contribution in [0.1, 0.15) is 18.0 Å². The zero-order chi connectivity index (χ0) is 9.68. The lowest BCUT2D eigenvalue weighted by Gasteiger charge is -2.12. The zero-order valence-corrected chi connectivity index (χ0v) is 7.86. The van der Waals surface area contributed by atoms with Crippen LogP contribution in [-0.4, -0.2) is 7.11 Å². The average Bonchev–Trinajstić information content (AvgIpc) is 2.19. The van der Waals surface area contributed by atoms with Crippen LogP contribution in [-0.2, 0) is 4.74 Å². The molecule has 1 unspecified atom stereocenters. The van der Waals surface area contributed by atoms with Gasteiger partial charge in [-0.25, -0.2) is 0 Å². The molecule has 0 fully saturated rings. The lowest BCUT2D eigenvalue weighted by molar-refractivity contribution is 0.272. The van der Waals surface area contributed by atoms with Gasteiger partial charge >= 0.3 is 0 Å². The van der Waals surface area contributed by atoms with Crippen molar-refractivity contribution in [1.82, 2.24) is 0 Å². The van der Waals surface area contributed by atoms with E-state index in [1.54, 1.807) is 7.11 Å². The SMILES string of the molecule is C=C(CC(N)c1ccccc1)OC. The fourth-order valence-electron chi connectivity index (χ4n) is 1.15. The third kappa shape index (κ3) is 2.92. The first-order valence-corrected chi connectivity index (χ1v) is 4.26. The number of rotatable bonds is 4. The van der Waals surface area contributed by atoms with Crippen LogP contribution >= 0.6 is 0 Å². The molecule has 1 aromatic rings. The van der Waals surface area contributed by atoms with Crippen LogP contribution in [0.2, 0.25) is 0 Å². The highest BCUT2D eigenvalue weighted by molar-refractivity contribution is 5.19. The predicted octanol–water partition coefficient (Wildman–Crippen LogP) is 2.24. The van der Waals surface area contributed by atoms with Gasteiger partial charge in [-0.1, -0.05) is 36.9 Å². The minimum atomic E-state index is -0.0198. The summed E-state index contributed by atoms with van der Waals surface area (Å²) in [6, 6.07) is 9.92. The Kier molecular flexibility index (Phi) is 3.53. The largest absolute Gasteiger partial charge is 0.502 e. The Balaban J connectivity index is 2.59. The average molecular weight is 177 g/mol. The molecule has 0 heterocycles. The first-order chi connectivity index (χ1) is 6.24. The van der Waals surface area contributed by atoms with Gasteiger partial charge in [0, 0.05) is 12.5 Å². The molecule has 0 aliphatic heterocycles. The smallest absolute Gasteiger partial charge is 0.0902 e. The molecule has 0 bridgehead atoms. The van der Waals surface area contributed by atoms with Crippen molar-refractivity contribution in [2.45, 2.75) is 12.5 Å². The molecule has 0 spiro atoms. The molecule has 1 rings (SSSR count). The van der Waals surface area contributed by atoms with Gasteiger partial charge in [0.15, 0.2) is 0 Å². The quantitative estimate of drug-likeness (QED) is 0.716. The number of hydrogen-bond acceptors (Lipinski definition) is 2. The molecule has 0 saturated carbocycles. The van der Waals surface area contributed by atoms with Crippen LogP contribution in [0.3, 0.4) is 0 Å². The van der Waals surface area contributed by atoms with Crippen LogP contribution < -0.4 is 5.73 Å².